The third-order valence-electron chi connectivity index (χ3n) is 2.31. The highest BCUT2D eigenvalue weighted by atomic mass is 32.2. The van der Waals surface area contributed by atoms with E-state index in [-0.39, 0.29) is 6.61 Å². The molecule has 1 heterocycles. The second-order valence-electron chi connectivity index (χ2n) is 4.11. The molecule has 0 aromatic carbocycles. The molecule has 1 unspecified atom stereocenters. The molecule has 4 nitrogen and oxygen atoms in total. The van der Waals surface area contributed by atoms with Crippen LogP contribution in [0.15, 0.2) is 11.1 Å². The lowest BCUT2D eigenvalue weighted by Crippen LogP contribution is -2.05. The smallest absolute Gasteiger partial charge is 0.132 e. The van der Waals surface area contributed by atoms with Crippen molar-refractivity contribution in [3.63, 3.8) is 0 Å². The molecule has 0 amide bonds. The summed E-state index contributed by atoms with van der Waals surface area (Å²) in [6, 6.07) is 1.95. The molecule has 96 valence electrons. The van der Waals surface area contributed by atoms with Gasteiger partial charge in [0.15, 0.2) is 0 Å². The fourth-order valence-corrected chi connectivity index (χ4v) is 2.22. The van der Waals surface area contributed by atoms with E-state index < -0.39 is 0 Å². The van der Waals surface area contributed by atoms with E-state index >= 15 is 0 Å². The highest BCUT2D eigenvalue weighted by molar-refractivity contribution is 7.99. The largest absolute Gasteiger partial charge is 0.396 e. The average Bonchev–Trinajstić information content (AvgIpc) is 2.36. The zero-order valence-electron chi connectivity index (χ0n) is 10.7. The molecule has 1 atom stereocenters. The Kier molecular flexibility index (Phi) is 6.29. The number of hydrogen-bond donors (Lipinski definition) is 2. The molecule has 0 fully saturated rings. The molecule has 1 aromatic rings. The van der Waals surface area contributed by atoms with E-state index in [0.29, 0.717) is 5.92 Å². The molecule has 0 radical (unpaired) electrons. The van der Waals surface area contributed by atoms with Crippen molar-refractivity contribution in [2.75, 3.05) is 24.7 Å². The Balaban J connectivity index is 2.72. The van der Waals surface area contributed by atoms with Gasteiger partial charge in [-0.1, -0.05) is 13.8 Å². The number of rotatable bonds is 7. The summed E-state index contributed by atoms with van der Waals surface area (Å²) in [5.41, 5.74) is 0. The topological polar surface area (TPSA) is 58.0 Å². The molecular formula is C12H21N3OS. The van der Waals surface area contributed by atoms with Gasteiger partial charge in [0.05, 0.1) is 0 Å². The van der Waals surface area contributed by atoms with Gasteiger partial charge in [0.1, 0.15) is 16.7 Å². The number of thioether (sulfide) groups is 1. The van der Waals surface area contributed by atoms with Gasteiger partial charge in [0, 0.05) is 31.9 Å². The van der Waals surface area contributed by atoms with Crippen LogP contribution in [0, 0.1) is 5.92 Å². The Morgan fingerprint density at radius 2 is 2.24 bits per heavy atom. The molecule has 17 heavy (non-hydrogen) atoms. The number of aliphatic hydroxyl groups is 1. The van der Waals surface area contributed by atoms with Crippen LogP contribution in [0.3, 0.4) is 0 Å². The fraction of sp³-hybridized carbons (Fsp3) is 0.667. The number of aromatic nitrogens is 2. The summed E-state index contributed by atoms with van der Waals surface area (Å²) >= 11 is 1.67. The third kappa shape index (κ3) is 4.91. The predicted octanol–water partition coefficient (Wildman–Crippen LogP) is 2.19. The molecule has 0 spiro atoms. The van der Waals surface area contributed by atoms with E-state index in [1.165, 1.54) is 0 Å². The molecule has 1 aromatic heterocycles. The van der Waals surface area contributed by atoms with Crippen LogP contribution in [0.1, 0.15) is 26.1 Å². The minimum absolute atomic E-state index is 0.221. The standard InChI is InChI=1S/C12H21N3OS/c1-4-5-10-14-11(13-3)6-12(15-10)17-8-9(2)7-16/h6,9,16H,4-5,7-8H2,1-3H3,(H,13,14,15). The summed E-state index contributed by atoms with van der Waals surface area (Å²) in [5, 5.41) is 13.0. The first-order chi connectivity index (χ1) is 8.19. The van der Waals surface area contributed by atoms with E-state index in [1.807, 2.05) is 20.0 Å². The van der Waals surface area contributed by atoms with Crippen LogP contribution in [-0.4, -0.2) is 34.5 Å². The zero-order valence-corrected chi connectivity index (χ0v) is 11.5. The van der Waals surface area contributed by atoms with E-state index in [2.05, 4.69) is 22.2 Å². The van der Waals surface area contributed by atoms with Gasteiger partial charge in [-0.3, -0.25) is 0 Å². The number of anilines is 1. The Bertz CT molecular complexity index is 347. The van der Waals surface area contributed by atoms with E-state index in [9.17, 15) is 0 Å². The number of nitrogens with zero attached hydrogens (tertiary/aromatic N) is 2. The quantitative estimate of drug-likeness (QED) is 0.578. The van der Waals surface area contributed by atoms with Crippen molar-refractivity contribution >= 4 is 17.6 Å². The van der Waals surface area contributed by atoms with Gasteiger partial charge in [-0.15, -0.1) is 11.8 Å². The average molecular weight is 255 g/mol. The van der Waals surface area contributed by atoms with Gasteiger partial charge in [-0.25, -0.2) is 9.97 Å². The van der Waals surface area contributed by atoms with Crippen LogP contribution >= 0.6 is 11.8 Å². The van der Waals surface area contributed by atoms with E-state index in [1.54, 1.807) is 11.8 Å². The predicted molar refractivity (Wildman–Crippen MR) is 72.5 cm³/mol. The first-order valence-electron chi connectivity index (χ1n) is 5.99. The number of aryl methyl sites for hydroxylation is 1. The molecule has 0 aliphatic heterocycles. The molecule has 2 N–H and O–H groups in total. The van der Waals surface area contributed by atoms with Crippen molar-refractivity contribution in [1.29, 1.82) is 0 Å². The second-order valence-corrected chi connectivity index (χ2v) is 5.15. The highest BCUT2D eigenvalue weighted by Crippen LogP contribution is 2.21. The minimum Gasteiger partial charge on any atom is -0.396 e. The zero-order chi connectivity index (χ0) is 12.7. The number of nitrogens with one attached hydrogen (secondary N) is 1. The molecule has 1 rings (SSSR count). The first kappa shape index (κ1) is 14.3. The maximum Gasteiger partial charge on any atom is 0.132 e. The van der Waals surface area contributed by atoms with Crippen LogP contribution in [0.2, 0.25) is 0 Å². The molecule has 0 bridgehead atoms. The monoisotopic (exact) mass is 255 g/mol. The van der Waals surface area contributed by atoms with E-state index in [0.717, 1.165) is 35.3 Å². The first-order valence-corrected chi connectivity index (χ1v) is 6.97. The molecular weight excluding hydrogens is 234 g/mol. The van der Waals surface area contributed by atoms with Gasteiger partial charge in [-0.05, 0) is 12.3 Å². The Labute approximate surface area is 107 Å². The normalized spacial score (nSPS) is 12.5. The lowest BCUT2D eigenvalue weighted by atomic mass is 10.2. The van der Waals surface area contributed by atoms with Crippen molar-refractivity contribution in [2.24, 2.45) is 5.92 Å². The summed E-state index contributed by atoms with van der Waals surface area (Å²) in [6.07, 6.45) is 1.95. The van der Waals surface area contributed by atoms with Crippen LogP contribution in [-0.2, 0) is 6.42 Å². The van der Waals surface area contributed by atoms with E-state index in [4.69, 9.17) is 5.11 Å². The number of hydrogen-bond acceptors (Lipinski definition) is 5. The lowest BCUT2D eigenvalue weighted by molar-refractivity contribution is 0.250. The molecule has 0 saturated heterocycles. The second kappa shape index (κ2) is 7.50. The third-order valence-corrected chi connectivity index (χ3v) is 3.55. The molecule has 5 heteroatoms. The van der Waals surface area contributed by atoms with Crippen LogP contribution in [0.4, 0.5) is 5.82 Å². The summed E-state index contributed by atoms with van der Waals surface area (Å²) in [5.74, 6) is 2.92. The summed E-state index contributed by atoms with van der Waals surface area (Å²) < 4.78 is 0. The Morgan fingerprint density at radius 1 is 1.47 bits per heavy atom. The summed E-state index contributed by atoms with van der Waals surface area (Å²) in [6.45, 7) is 4.37. The van der Waals surface area contributed by atoms with Crippen molar-refractivity contribution in [1.82, 2.24) is 9.97 Å². The summed E-state index contributed by atoms with van der Waals surface area (Å²) in [4.78, 5) is 8.91. The van der Waals surface area contributed by atoms with Gasteiger partial charge < -0.3 is 10.4 Å². The van der Waals surface area contributed by atoms with Gasteiger partial charge in [0.25, 0.3) is 0 Å². The van der Waals surface area contributed by atoms with Crippen molar-refractivity contribution < 1.29 is 5.11 Å². The SMILES string of the molecule is CCCc1nc(NC)cc(SCC(C)CO)n1. The Morgan fingerprint density at radius 3 is 2.82 bits per heavy atom. The molecule has 0 aliphatic rings. The fourth-order valence-electron chi connectivity index (χ4n) is 1.29. The summed E-state index contributed by atoms with van der Waals surface area (Å²) in [7, 11) is 1.86. The van der Waals surface area contributed by atoms with Gasteiger partial charge in [-0.2, -0.15) is 0 Å². The van der Waals surface area contributed by atoms with Crippen LogP contribution in [0.5, 0.6) is 0 Å². The Hall–Kier alpha value is -0.810. The maximum absolute atomic E-state index is 8.99. The van der Waals surface area contributed by atoms with Crippen molar-refractivity contribution in [3.05, 3.63) is 11.9 Å². The molecule has 0 saturated carbocycles. The van der Waals surface area contributed by atoms with Crippen molar-refractivity contribution in [3.8, 4) is 0 Å². The lowest BCUT2D eigenvalue weighted by Gasteiger charge is -2.09. The highest BCUT2D eigenvalue weighted by Gasteiger charge is 2.06. The maximum atomic E-state index is 8.99. The van der Waals surface area contributed by atoms with Crippen LogP contribution in [0.25, 0.3) is 0 Å². The molecule has 0 aliphatic carbocycles. The van der Waals surface area contributed by atoms with Gasteiger partial charge >= 0.3 is 0 Å². The van der Waals surface area contributed by atoms with Crippen molar-refractivity contribution in [2.45, 2.75) is 31.7 Å². The number of aliphatic hydroxyl groups excluding tert-OH is 1. The van der Waals surface area contributed by atoms with Gasteiger partial charge in [0.2, 0.25) is 0 Å². The van der Waals surface area contributed by atoms with Crippen LogP contribution < -0.4 is 5.32 Å². The minimum atomic E-state index is 0.221.